The number of hydrogen-bond acceptors (Lipinski definition) is 1. The van der Waals surface area contributed by atoms with E-state index in [2.05, 4.69) is 12.2 Å². The molecule has 0 fully saturated rings. The summed E-state index contributed by atoms with van der Waals surface area (Å²) < 4.78 is 0. The summed E-state index contributed by atoms with van der Waals surface area (Å²) in [5.74, 6) is 0. The molecular weight excluding hydrogens is 190 g/mol. The summed E-state index contributed by atoms with van der Waals surface area (Å²) in [5, 5.41) is 0.725. The first-order valence-corrected chi connectivity index (χ1v) is 4.20. The highest BCUT2D eigenvalue weighted by Crippen LogP contribution is 2.10. The topological polar surface area (TPSA) is 26.0 Å². The van der Waals surface area contributed by atoms with Crippen LogP contribution in [0.1, 0.15) is 5.56 Å². The lowest BCUT2D eigenvalue weighted by Gasteiger charge is -1.92. The number of halogens is 1. The van der Waals surface area contributed by atoms with E-state index in [1.807, 2.05) is 30.3 Å². The van der Waals surface area contributed by atoms with Gasteiger partial charge in [0.2, 0.25) is 0 Å². The second-order valence-electron chi connectivity index (χ2n) is 2.29. The molecule has 62 valence electrons. The van der Waals surface area contributed by atoms with Crippen LogP contribution in [0.4, 0.5) is 0 Å². The van der Waals surface area contributed by atoms with Gasteiger partial charge in [0.05, 0.1) is 4.99 Å². The van der Waals surface area contributed by atoms with Crippen molar-refractivity contribution in [3.63, 3.8) is 0 Å². The number of nitrogens with two attached hydrogens (primary N) is 1. The predicted octanol–water partition coefficient (Wildman–Crippen LogP) is 2.64. The Balaban J connectivity index is 2.77. The number of hydrogen-bond donors (Lipinski definition) is 1. The average Bonchev–Trinajstić information content (AvgIpc) is 2.03. The van der Waals surface area contributed by atoms with Gasteiger partial charge in [-0.1, -0.05) is 42.0 Å². The minimum atomic E-state index is 0.380. The maximum atomic E-state index is 5.70. The first-order chi connectivity index (χ1) is 5.68. The van der Waals surface area contributed by atoms with Gasteiger partial charge in [-0.3, -0.25) is 0 Å². The van der Waals surface area contributed by atoms with Gasteiger partial charge in [-0.15, -0.1) is 0 Å². The molecular formula is C9H8ClNS. The zero-order valence-corrected chi connectivity index (χ0v) is 7.90. The fraction of sp³-hybridized carbons (Fsp3) is 0. The van der Waals surface area contributed by atoms with Gasteiger partial charge in [0, 0.05) is 5.02 Å². The zero-order chi connectivity index (χ0) is 8.97. The molecule has 0 aromatic heterocycles. The SMILES string of the molecule is NC(=S)C=Cc1ccc(Cl)cc1. The van der Waals surface area contributed by atoms with Crippen LogP contribution in [0.15, 0.2) is 30.3 Å². The van der Waals surface area contributed by atoms with Crippen LogP contribution in [0.25, 0.3) is 6.08 Å². The van der Waals surface area contributed by atoms with E-state index < -0.39 is 0 Å². The molecule has 0 atom stereocenters. The molecule has 0 radical (unpaired) electrons. The lowest BCUT2D eigenvalue weighted by Crippen LogP contribution is -2.01. The maximum Gasteiger partial charge on any atom is 0.0962 e. The van der Waals surface area contributed by atoms with Crippen molar-refractivity contribution in [3.05, 3.63) is 40.9 Å². The monoisotopic (exact) mass is 197 g/mol. The Morgan fingerprint density at radius 1 is 1.33 bits per heavy atom. The van der Waals surface area contributed by atoms with E-state index >= 15 is 0 Å². The molecule has 0 saturated heterocycles. The van der Waals surface area contributed by atoms with Crippen LogP contribution in [0, 0.1) is 0 Å². The molecule has 0 saturated carbocycles. The quantitative estimate of drug-likeness (QED) is 0.583. The molecule has 0 heterocycles. The van der Waals surface area contributed by atoms with Crippen molar-refractivity contribution >= 4 is 34.9 Å². The van der Waals surface area contributed by atoms with E-state index in [9.17, 15) is 0 Å². The standard InChI is InChI=1S/C9H8ClNS/c10-8-4-1-7(2-5-8)3-6-9(11)12/h1-6H,(H2,11,12). The van der Waals surface area contributed by atoms with Crippen LogP contribution in [-0.2, 0) is 0 Å². The van der Waals surface area contributed by atoms with Crippen molar-refractivity contribution in [3.8, 4) is 0 Å². The van der Waals surface area contributed by atoms with Gasteiger partial charge >= 0.3 is 0 Å². The summed E-state index contributed by atoms with van der Waals surface area (Å²) in [6.45, 7) is 0. The predicted molar refractivity (Wildman–Crippen MR) is 57.3 cm³/mol. The molecule has 0 bridgehead atoms. The molecule has 2 N–H and O–H groups in total. The summed E-state index contributed by atoms with van der Waals surface area (Å²) >= 11 is 10.4. The average molecular weight is 198 g/mol. The summed E-state index contributed by atoms with van der Waals surface area (Å²) in [7, 11) is 0. The van der Waals surface area contributed by atoms with Crippen LogP contribution >= 0.6 is 23.8 Å². The molecule has 0 spiro atoms. The highest BCUT2D eigenvalue weighted by Gasteiger charge is 1.87. The fourth-order valence-electron chi connectivity index (χ4n) is 0.752. The van der Waals surface area contributed by atoms with Crippen molar-refractivity contribution in [2.75, 3.05) is 0 Å². The Morgan fingerprint density at radius 3 is 2.42 bits per heavy atom. The van der Waals surface area contributed by atoms with Gasteiger partial charge in [0.15, 0.2) is 0 Å². The summed E-state index contributed by atoms with van der Waals surface area (Å²) in [5.41, 5.74) is 6.32. The van der Waals surface area contributed by atoms with Crippen molar-refractivity contribution in [2.24, 2.45) is 5.73 Å². The normalized spacial score (nSPS) is 10.4. The number of rotatable bonds is 2. The third-order valence-corrected chi connectivity index (χ3v) is 1.70. The molecule has 1 nitrogen and oxygen atoms in total. The van der Waals surface area contributed by atoms with Crippen LogP contribution in [0.3, 0.4) is 0 Å². The molecule has 12 heavy (non-hydrogen) atoms. The Bertz CT molecular complexity index is 303. The highest BCUT2D eigenvalue weighted by molar-refractivity contribution is 7.80. The van der Waals surface area contributed by atoms with Gasteiger partial charge in [-0.05, 0) is 23.8 Å². The molecule has 0 amide bonds. The minimum absolute atomic E-state index is 0.380. The Hall–Kier alpha value is -0.860. The summed E-state index contributed by atoms with van der Waals surface area (Å²) in [6.07, 6.45) is 3.53. The first-order valence-electron chi connectivity index (χ1n) is 3.41. The van der Waals surface area contributed by atoms with E-state index in [0.29, 0.717) is 4.99 Å². The number of benzene rings is 1. The zero-order valence-electron chi connectivity index (χ0n) is 6.33. The first kappa shape index (κ1) is 9.23. The summed E-state index contributed by atoms with van der Waals surface area (Å²) in [4.78, 5) is 0.380. The van der Waals surface area contributed by atoms with Crippen molar-refractivity contribution in [2.45, 2.75) is 0 Å². The van der Waals surface area contributed by atoms with Crippen molar-refractivity contribution in [1.82, 2.24) is 0 Å². The molecule has 0 unspecified atom stereocenters. The van der Waals surface area contributed by atoms with E-state index in [1.54, 1.807) is 6.08 Å². The minimum Gasteiger partial charge on any atom is -0.390 e. The van der Waals surface area contributed by atoms with Crippen LogP contribution < -0.4 is 5.73 Å². The third kappa shape index (κ3) is 3.03. The Labute approximate surface area is 81.8 Å². The second kappa shape index (κ2) is 4.24. The van der Waals surface area contributed by atoms with Gasteiger partial charge in [-0.25, -0.2) is 0 Å². The van der Waals surface area contributed by atoms with Crippen LogP contribution in [0.5, 0.6) is 0 Å². The van der Waals surface area contributed by atoms with Gasteiger partial charge in [-0.2, -0.15) is 0 Å². The van der Waals surface area contributed by atoms with E-state index in [1.165, 1.54) is 0 Å². The molecule has 3 heteroatoms. The van der Waals surface area contributed by atoms with E-state index in [0.717, 1.165) is 10.6 Å². The largest absolute Gasteiger partial charge is 0.390 e. The summed E-state index contributed by atoms with van der Waals surface area (Å²) in [6, 6.07) is 7.44. The van der Waals surface area contributed by atoms with Gasteiger partial charge in [0.1, 0.15) is 0 Å². The fourth-order valence-corrected chi connectivity index (χ4v) is 0.946. The van der Waals surface area contributed by atoms with E-state index in [-0.39, 0.29) is 0 Å². The third-order valence-electron chi connectivity index (χ3n) is 1.31. The van der Waals surface area contributed by atoms with Crippen LogP contribution in [-0.4, -0.2) is 4.99 Å². The van der Waals surface area contributed by atoms with Gasteiger partial charge in [0.25, 0.3) is 0 Å². The molecule has 1 rings (SSSR count). The molecule has 0 aliphatic heterocycles. The van der Waals surface area contributed by atoms with Crippen molar-refractivity contribution < 1.29 is 0 Å². The Kier molecular flexibility index (Phi) is 3.26. The lowest BCUT2D eigenvalue weighted by atomic mass is 10.2. The smallest absolute Gasteiger partial charge is 0.0962 e. The van der Waals surface area contributed by atoms with E-state index in [4.69, 9.17) is 17.3 Å². The molecule has 0 aliphatic carbocycles. The molecule has 0 aliphatic rings. The lowest BCUT2D eigenvalue weighted by molar-refractivity contribution is 1.66. The molecule has 1 aromatic carbocycles. The Morgan fingerprint density at radius 2 is 1.92 bits per heavy atom. The molecule has 1 aromatic rings. The maximum absolute atomic E-state index is 5.70. The van der Waals surface area contributed by atoms with Gasteiger partial charge < -0.3 is 5.73 Å². The second-order valence-corrected chi connectivity index (χ2v) is 3.20. The number of thiocarbonyl (C=S) groups is 1. The van der Waals surface area contributed by atoms with Crippen LogP contribution in [0.2, 0.25) is 5.02 Å². The highest BCUT2D eigenvalue weighted by atomic mass is 35.5. The van der Waals surface area contributed by atoms with Crippen molar-refractivity contribution in [1.29, 1.82) is 0 Å².